The summed E-state index contributed by atoms with van der Waals surface area (Å²) in [6.45, 7) is 2.62. The lowest BCUT2D eigenvalue weighted by Gasteiger charge is -2.04. The Kier molecular flexibility index (Phi) is 5.72. The van der Waals surface area contributed by atoms with E-state index in [1.165, 1.54) is 6.07 Å². The van der Waals surface area contributed by atoms with Crippen LogP contribution in [0.25, 0.3) is 0 Å². The van der Waals surface area contributed by atoms with Crippen molar-refractivity contribution in [2.75, 3.05) is 6.61 Å². The molecule has 0 N–H and O–H groups in total. The number of carbonyl (C=O) groups is 1. The van der Waals surface area contributed by atoms with E-state index in [0.717, 1.165) is 0 Å². The number of rotatable bonds is 7. The van der Waals surface area contributed by atoms with E-state index in [1.807, 2.05) is 6.92 Å². The van der Waals surface area contributed by atoms with Crippen molar-refractivity contribution in [2.45, 2.75) is 32.8 Å². The van der Waals surface area contributed by atoms with Crippen molar-refractivity contribution < 1.29 is 13.9 Å². The summed E-state index contributed by atoms with van der Waals surface area (Å²) in [5, 5.41) is 0. The standard InChI is InChI=1S/C13H17FO2/c1-2-12(15)7-5-9-16-10-11-6-3-4-8-13(11)14/h3-4,6,8H,2,5,7,9-10H2,1H3. The van der Waals surface area contributed by atoms with Gasteiger partial charge in [-0.2, -0.15) is 0 Å². The lowest BCUT2D eigenvalue weighted by molar-refractivity contribution is -0.119. The van der Waals surface area contributed by atoms with Crippen LogP contribution < -0.4 is 0 Å². The summed E-state index contributed by atoms with van der Waals surface area (Å²) in [6, 6.07) is 6.55. The second kappa shape index (κ2) is 7.12. The Labute approximate surface area is 95.4 Å². The van der Waals surface area contributed by atoms with Crippen molar-refractivity contribution in [1.29, 1.82) is 0 Å². The van der Waals surface area contributed by atoms with Crippen molar-refractivity contribution in [2.24, 2.45) is 0 Å². The molecule has 3 heteroatoms. The largest absolute Gasteiger partial charge is 0.377 e. The molecule has 0 aliphatic rings. The van der Waals surface area contributed by atoms with Gasteiger partial charge < -0.3 is 4.74 Å². The molecule has 0 aliphatic carbocycles. The summed E-state index contributed by atoms with van der Waals surface area (Å²) < 4.78 is 18.5. The Bertz CT molecular complexity index is 336. The van der Waals surface area contributed by atoms with Crippen LogP contribution in [-0.2, 0) is 16.1 Å². The lowest BCUT2D eigenvalue weighted by Crippen LogP contribution is -2.01. The van der Waals surface area contributed by atoms with Crippen molar-refractivity contribution in [1.82, 2.24) is 0 Å². The zero-order valence-electron chi connectivity index (χ0n) is 9.54. The van der Waals surface area contributed by atoms with E-state index in [0.29, 0.717) is 31.4 Å². The lowest BCUT2D eigenvalue weighted by atomic mass is 10.2. The third-order valence-electron chi connectivity index (χ3n) is 2.35. The predicted molar refractivity (Wildman–Crippen MR) is 60.6 cm³/mol. The van der Waals surface area contributed by atoms with Gasteiger partial charge in [-0.05, 0) is 12.5 Å². The number of ether oxygens (including phenoxy) is 1. The summed E-state index contributed by atoms with van der Waals surface area (Å²) in [7, 11) is 0. The third-order valence-corrected chi connectivity index (χ3v) is 2.35. The van der Waals surface area contributed by atoms with Gasteiger partial charge in [0.1, 0.15) is 11.6 Å². The van der Waals surface area contributed by atoms with E-state index >= 15 is 0 Å². The molecular formula is C13H17FO2. The first-order valence-electron chi connectivity index (χ1n) is 5.57. The van der Waals surface area contributed by atoms with E-state index in [4.69, 9.17) is 4.74 Å². The second-order valence-corrected chi connectivity index (χ2v) is 3.64. The number of hydrogen-bond donors (Lipinski definition) is 0. The van der Waals surface area contributed by atoms with Gasteiger partial charge in [0.25, 0.3) is 0 Å². The van der Waals surface area contributed by atoms with Crippen LogP contribution in [0.4, 0.5) is 4.39 Å². The first-order valence-corrected chi connectivity index (χ1v) is 5.57. The third kappa shape index (κ3) is 4.53. The molecule has 0 aromatic heterocycles. The quantitative estimate of drug-likeness (QED) is 0.665. The topological polar surface area (TPSA) is 26.3 Å². The molecule has 0 saturated heterocycles. The Morgan fingerprint density at radius 3 is 2.81 bits per heavy atom. The van der Waals surface area contributed by atoms with Crippen molar-refractivity contribution in [3.63, 3.8) is 0 Å². The van der Waals surface area contributed by atoms with E-state index in [9.17, 15) is 9.18 Å². The molecular weight excluding hydrogens is 207 g/mol. The molecule has 88 valence electrons. The van der Waals surface area contributed by atoms with Gasteiger partial charge in [0, 0.05) is 25.0 Å². The van der Waals surface area contributed by atoms with Crippen LogP contribution in [0.5, 0.6) is 0 Å². The predicted octanol–water partition coefficient (Wildman–Crippen LogP) is 3.10. The first kappa shape index (κ1) is 12.8. The molecule has 0 aliphatic heterocycles. The molecule has 2 nitrogen and oxygen atoms in total. The smallest absolute Gasteiger partial charge is 0.132 e. The number of ketones is 1. The molecule has 1 aromatic carbocycles. The minimum absolute atomic E-state index is 0.243. The molecule has 0 bridgehead atoms. The molecule has 0 amide bonds. The molecule has 0 spiro atoms. The zero-order chi connectivity index (χ0) is 11.8. The molecule has 0 radical (unpaired) electrons. The minimum Gasteiger partial charge on any atom is -0.377 e. The first-order chi connectivity index (χ1) is 7.74. The van der Waals surface area contributed by atoms with Gasteiger partial charge in [-0.3, -0.25) is 4.79 Å². The Hall–Kier alpha value is -1.22. The van der Waals surface area contributed by atoms with Gasteiger partial charge >= 0.3 is 0 Å². The summed E-state index contributed by atoms with van der Waals surface area (Å²) >= 11 is 0. The number of halogens is 1. The Morgan fingerprint density at radius 2 is 2.12 bits per heavy atom. The van der Waals surface area contributed by atoms with Gasteiger partial charge in [-0.1, -0.05) is 25.1 Å². The highest BCUT2D eigenvalue weighted by molar-refractivity contribution is 5.77. The van der Waals surface area contributed by atoms with Gasteiger partial charge in [-0.15, -0.1) is 0 Å². The van der Waals surface area contributed by atoms with Crippen LogP contribution in [0.2, 0.25) is 0 Å². The second-order valence-electron chi connectivity index (χ2n) is 3.64. The highest BCUT2D eigenvalue weighted by Gasteiger charge is 2.01. The maximum atomic E-state index is 13.1. The normalized spacial score (nSPS) is 10.4. The summed E-state index contributed by atoms with van der Waals surface area (Å²) in [6.07, 6.45) is 1.84. The van der Waals surface area contributed by atoms with E-state index < -0.39 is 0 Å². The summed E-state index contributed by atoms with van der Waals surface area (Å²) in [5.74, 6) is 0.00151. The van der Waals surface area contributed by atoms with Gasteiger partial charge in [0.15, 0.2) is 0 Å². The van der Waals surface area contributed by atoms with E-state index in [1.54, 1.807) is 18.2 Å². The van der Waals surface area contributed by atoms with Crippen LogP contribution in [0, 0.1) is 5.82 Å². The average molecular weight is 224 g/mol. The Balaban J connectivity index is 2.17. The van der Waals surface area contributed by atoms with E-state index in [-0.39, 0.29) is 18.2 Å². The molecule has 0 heterocycles. The number of benzene rings is 1. The molecule has 0 saturated carbocycles. The van der Waals surface area contributed by atoms with Gasteiger partial charge in [-0.25, -0.2) is 4.39 Å². The maximum Gasteiger partial charge on any atom is 0.132 e. The van der Waals surface area contributed by atoms with Crippen molar-refractivity contribution in [3.8, 4) is 0 Å². The van der Waals surface area contributed by atoms with Crippen molar-refractivity contribution >= 4 is 5.78 Å². The van der Waals surface area contributed by atoms with Crippen LogP contribution in [0.1, 0.15) is 31.7 Å². The molecule has 0 unspecified atom stereocenters. The van der Waals surface area contributed by atoms with Crippen LogP contribution in [-0.4, -0.2) is 12.4 Å². The van der Waals surface area contributed by atoms with Gasteiger partial charge in [0.2, 0.25) is 0 Å². The average Bonchev–Trinajstić information content (AvgIpc) is 2.30. The summed E-state index contributed by atoms with van der Waals surface area (Å²) in [4.78, 5) is 11.0. The minimum atomic E-state index is -0.243. The zero-order valence-corrected chi connectivity index (χ0v) is 9.54. The number of carbonyl (C=O) groups excluding carboxylic acids is 1. The fourth-order valence-electron chi connectivity index (χ4n) is 1.35. The number of hydrogen-bond acceptors (Lipinski definition) is 2. The number of Topliss-reactive ketones (excluding diaryl/α,β-unsaturated/α-hetero) is 1. The highest BCUT2D eigenvalue weighted by atomic mass is 19.1. The fourth-order valence-corrected chi connectivity index (χ4v) is 1.35. The molecule has 0 atom stereocenters. The van der Waals surface area contributed by atoms with Crippen molar-refractivity contribution in [3.05, 3.63) is 35.6 Å². The molecule has 16 heavy (non-hydrogen) atoms. The monoisotopic (exact) mass is 224 g/mol. The van der Waals surface area contributed by atoms with Crippen LogP contribution >= 0.6 is 0 Å². The molecule has 1 rings (SSSR count). The SMILES string of the molecule is CCC(=O)CCCOCc1ccccc1F. The van der Waals surface area contributed by atoms with Crippen LogP contribution in [0.3, 0.4) is 0 Å². The molecule has 0 fully saturated rings. The van der Waals surface area contributed by atoms with Gasteiger partial charge in [0.05, 0.1) is 6.61 Å². The van der Waals surface area contributed by atoms with E-state index in [2.05, 4.69) is 0 Å². The fraction of sp³-hybridized carbons (Fsp3) is 0.462. The molecule has 1 aromatic rings. The Morgan fingerprint density at radius 1 is 1.38 bits per heavy atom. The summed E-state index contributed by atoms with van der Waals surface area (Å²) in [5.41, 5.74) is 0.560. The highest BCUT2D eigenvalue weighted by Crippen LogP contribution is 2.08. The maximum absolute atomic E-state index is 13.1. The van der Waals surface area contributed by atoms with Crippen LogP contribution in [0.15, 0.2) is 24.3 Å².